The van der Waals surface area contributed by atoms with Gasteiger partial charge in [0.2, 0.25) is 5.88 Å². The molecule has 0 amide bonds. The molecule has 0 spiro atoms. The maximum atomic E-state index is 13.0. The van der Waals surface area contributed by atoms with Gasteiger partial charge in [-0.3, -0.25) is 4.79 Å². The Labute approximate surface area is 207 Å². The molecule has 4 aromatic rings. The lowest BCUT2D eigenvalue weighted by Gasteiger charge is -2.12. The van der Waals surface area contributed by atoms with Crippen LogP contribution in [0.5, 0.6) is 17.4 Å². The lowest BCUT2D eigenvalue weighted by molar-refractivity contribution is -0.134. The molecule has 0 saturated heterocycles. The third-order valence-electron chi connectivity index (χ3n) is 5.01. The molecule has 0 radical (unpaired) electrons. The van der Waals surface area contributed by atoms with Crippen molar-refractivity contribution in [1.82, 2.24) is 9.78 Å². The molecule has 1 heterocycles. The SMILES string of the molecule is COc1ccc(CC(=O)Oc2c(Sc3ccc(Cl)cc3)c(C)nn2-c2ccccc2)cc1OC. The number of benzene rings is 3. The summed E-state index contributed by atoms with van der Waals surface area (Å²) in [4.78, 5) is 14.7. The van der Waals surface area contributed by atoms with Crippen LogP contribution in [0.2, 0.25) is 5.02 Å². The Bertz CT molecular complexity index is 1290. The van der Waals surface area contributed by atoms with Gasteiger partial charge in [-0.15, -0.1) is 0 Å². The first-order valence-electron chi connectivity index (χ1n) is 10.5. The third kappa shape index (κ3) is 5.38. The van der Waals surface area contributed by atoms with Crippen molar-refractivity contribution in [2.75, 3.05) is 14.2 Å². The molecule has 0 aliphatic rings. The summed E-state index contributed by atoms with van der Waals surface area (Å²) in [6.45, 7) is 1.89. The normalized spacial score (nSPS) is 10.7. The van der Waals surface area contributed by atoms with E-state index in [1.165, 1.54) is 11.8 Å². The van der Waals surface area contributed by atoms with Gasteiger partial charge in [-0.05, 0) is 61.0 Å². The Morgan fingerprint density at radius 2 is 1.68 bits per heavy atom. The molecule has 0 aliphatic carbocycles. The number of esters is 1. The predicted octanol–water partition coefficient (Wildman–Crippen LogP) is 6.15. The third-order valence-corrected chi connectivity index (χ3v) is 6.44. The van der Waals surface area contributed by atoms with Crippen LogP contribution < -0.4 is 14.2 Å². The number of nitrogens with zero attached hydrogens (tertiary/aromatic N) is 2. The molecule has 3 aromatic carbocycles. The van der Waals surface area contributed by atoms with E-state index in [-0.39, 0.29) is 6.42 Å². The monoisotopic (exact) mass is 494 g/mol. The highest BCUT2D eigenvalue weighted by Gasteiger charge is 2.22. The van der Waals surface area contributed by atoms with Gasteiger partial charge in [-0.25, -0.2) is 0 Å². The maximum Gasteiger partial charge on any atom is 0.317 e. The fourth-order valence-electron chi connectivity index (χ4n) is 3.36. The lowest BCUT2D eigenvalue weighted by atomic mass is 10.1. The van der Waals surface area contributed by atoms with E-state index in [4.69, 9.17) is 25.8 Å². The Morgan fingerprint density at radius 3 is 2.35 bits per heavy atom. The molecule has 174 valence electrons. The summed E-state index contributed by atoms with van der Waals surface area (Å²) in [7, 11) is 3.13. The Kier molecular flexibility index (Phi) is 7.45. The standard InChI is InChI=1S/C26H23ClN2O4S/c1-17-25(34-21-12-10-19(27)11-13-21)26(29(28-17)20-7-5-4-6-8-20)33-24(30)16-18-9-14-22(31-2)23(15-18)32-3/h4-15H,16H2,1-3H3. The van der Waals surface area contributed by atoms with E-state index in [0.717, 1.165) is 26.7 Å². The van der Waals surface area contributed by atoms with Gasteiger partial charge < -0.3 is 14.2 Å². The molecule has 0 N–H and O–H groups in total. The minimum absolute atomic E-state index is 0.0599. The van der Waals surface area contributed by atoms with Crippen molar-refractivity contribution < 1.29 is 19.0 Å². The van der Waals surface area contributed by atoms with Gasteiger partial charge in [0.15, 0.2) is 11.5 Å². The number of carbonyl (C=O) groups excluding carboxylic acids is 1. The molecule has 4 rings (SSSR count). The lowest BCUT2D eigenvalue weighted by Crippen LogP contribution is -2.14. The number of halogens is 1. The van der Waals surface area contributed by atoms with Crippen LogP contribution in [0.1, 0.15) is 11.3 Å². The molecule has 0 fully saturated rings. The number of aromatic nitrogens is 2. The summed E-state index contributed by atoms with van der Waals surface area (Å²) in [5.74, 6) is 1.10. The maximum absolute atomic E-state index is 13.0. The van der Waals surface area contributed by atoms with Crippen molar-refractivity contribution in [2.45, 2.75) is 23.1 Å². The van der Waals surface area contributed by atoms with Gasteiger partial charge in [0.1, 0.15) is 0 Å². The minimum Gasteiger partial charge on any atom is -0.493 e. The van der Waals surface area contributed by atoms with E-state index in [2.05, 4.69) is 5.10 Å². The van der Waals surface area contributed by atoms with Gasteiger partial charge in [0.05, 0.1) is 36.9 Å². The molecule has 8 heteroatoms. The van der Waals surface area contributed by atoms with Crippen molar-refractivity contribution >= 4 is 29.3 Å². The average molecular weight is 495 g/mol. The van der Waals surface area contributed by atoms with Gasteiger partial charge in [0.25, 0.3) is 0 Å². The molecule has 0 aliphatic heterocycles. The minimum atomic E-state index is -0.415. The van der Waals surface area contributed by atoms with Crippen LogP contribution in [0.4, 0.5) is 0 Å². The molecule has 0 unspecified atom stereocenters. The van der Waals surface area contributed by atoms with Gasteiger partial charge >= 0.3 is 5.97 Å². The summed E-state index contributed by atoms with van der Waals surface area (Å²) in [6.07, 6.45) is 0.0599. The van der Waals surface area contributed by atoms with Crippen molar-refractivity contribution in [3.63, 3.8) is 0 Å². The molecule has 0 bridgehead atoms. The second kappa shape index (κ2) is 10.7. The molecular weight excluding hydrogens is 472 g/mol. The summed E-state index contributed by atoms with van der Waals surface area (Å²) >= 11 is 7.50. The van der Waals surface area contributed by atoms with Crippen LogP contribution in [0.3, 0.4) is 0 Å². The summed E-state index contributed by atoms with van der Waals surface area (Å²) in [5, 5.41) is 5.32. The number of rotatable bonds is 8. The van der Waals surface area contributed by atoms with Crippen molar-refractivity contribution in [3.05, 3.63) is 89.1 Å². The Balaban J connectivity index is 1.66. The molecule has 1 aromatic heterocycles. The zero-order chi connectivity index (χ0) is 24.1. The van der Waals surface area contributed by atoms with Crippen molar-refractivity contribution in [2.24, 2.45) is 0 Å². The number of methoxy groups -OCH3 is 2. The smallest absolute Gasteiger partial charge is 0.317 e. The second-order valence-corrected chi connectivity index (χ2v) is 8.88. The van der Waals surface area contributed by atoms with Gasteiger partial charge in [-0.2, -0.15) is 9.78 Å². The van der Waals surface area contributed by atoms with Gasteiger partial charge in [-0.1, -0.05) is 47.6 Å². The number of carbonyl (C=O) groups is 1. The molecular formula is C26H23ClN2O4S. The van der Waals surface area contributed by atoms with Crippen LogP contribution in [0, 0.1) is 6.92 Å². The summed E-state index contributed by atoms with van der Waals surface area (Å²) < 4.78 is 18.2. The average Bonchev–Trinajstić information content (AvgIpc) is 3.15. The topological polar surface area (TPSA) is 62.6 Å². The predicted molar refractivity (Wildman–Crippen MR) is 133 cm³/mol. The van der Waals surface area contributed by atoms with E-state index in [1.807, 2.05) is 67.6 Å². The van der Waals surface area contributed by atoms with Crippen molar-refractivity contribution in [1.29, 1.82) is 0 Å². The Hall–Kier alpha value is -3.42. The van der Waals surface area contributed by atoms with Crippen LogP contribution in [0.15, 0.2) is 82.6 Å². The quantitative estimate of drug-likeness (QED) is 0.274. The zero-order valence-corrected chi connectivity index (χ0v) is 20.5. The second-order valence-electron chi connectivity index (χ2n) is 7.36. The zero-order valence-electron chi connectivity index (χ0n) is 18.9. The number of hydrogen-bond donors (Lipinski definition) is 0. The van der Waals surface area contributed by atoms with Crippen LogP contribution >= 0.6 is 23.4 Å². The number of ether oxygens (including phenoxy) is 3. The fraction of sp³-hybridized carbons (Fsp3) is 0.154. The van der Waals surface area contributed by atoms with E-state index >= 15 is 0 Å². The molecule has 0 saturated carbocycles. The first-order chi connectivity index (χ1) is 16.5. The van der Waals surface area contributed by atoms with Crippen molar-refractivity contribution in [3.8, 4) is 23.1 Å². The highest BCUT2D eigenvalue weighted by molar-refractivity contribution is 7.99. The van der Waals surface area contributed by atoms with E-state index in [1.54, 1.807) is 31.0 Å². The Morgan fingerprint density at radius 1 is 0.971 bits per heavy atom. The molecule has 34 heavy (non-hydrogen) atoms. The first kappa shape index (κ1) is 23.7. The number of para-hydroxylation sites is 1. The number of aryl methyl sites for hydroxylation is 1. The van der Waals surface area contributed by atoms with Crippen LogP contribution in [-0.4, -0.2) is 30.0 Å². The highest BCUT2D eigenvalue weighted by atomic mass is 35.5. The summed E-state index contributed by atoms with van der Waals surface area (Å²) in [5.41, 5.74) is 2.29. The largest absolute Gasteiger partial charge is 0.493 e. The molecule has 6 nitrogen and oxygen atoms in total. The number of hydrogen-bond acceptors (Lipinski definition) is 6. The van der Waals surface area contributed by atoms with Crippen LogP contribution in [0.25, 0.3) is 5.69 Å². The van der Waals surface area contributed by atoms with Crippen LogP contribution in [-0.2, 0) is 11.2 Å². The summed E-state index contributed by atoms with van der Waals surface area (Å²) in [6, 6.07) is 22.4. The molecule has 0 atom stereocenters. The van der Waals surface area contributed by atoms with E-state index in [9.17, 15) is 4.79 Å². The highest BCUT2D eigenvalue weighted by Crippen LogP contribution is 2.39. The first-order valence-corrected chi connectivity index (χ1v) is 11.7. The fourth-order valence-corrected chi connectivity index (χ4v) is 4.40. The van der Waals surface area contributed by atoms with Gasteiger partial charge in [0, 0.05) is 9.92 Å². The van der Waals surface area contributed by atoms with E-state index < -0.39 is 5.97 Å². The van der Waals surface area contributed by atoms with E-state index in [0.29, 0.717) is 22.4 Å².